The average molecular weight is 390 g/mol. The van der Waals surface area contributed by atoms with Crippen LogP contribution in [0.4, 0.5) is 0 Å². The van der Waals surface area contributed by atoms with E-state index >= 15 is 0 Å². The van der Waals surface area contributed by atoms with Crippen LogP contribution in [0.5, 0.6) is 5.75 Å². The molecule has 0 amide bonds. The van der Waals surface area contributed by atoms with Gasteiger partial charge in [0.15, 0.2) is 0 Å². The van der Waals surface area contributed by atoms with E-state index in [1.807, 2.05) is 0 Å². The molecule has 0 saturated carbocycles. The molecule has 0 radical (unpaired) electrons. The van der Waals surface area contributed by atoms with Crippen LogP contribution >= 0.6 is 0 Å². The Morgan fingerprint density at radius 2 is 1.52 bits per heavy atom. The normalized spacial score (nSPS) is 11.1. The minimum atomic E-state index is 0.801. The lowest BCUT2D eigenvalue weighted by Crippen LogP contribution is -2.15. The molecule has 29 heavy (non-hydrogen) atoms. The van der Waals surface area contributed by atoms with Crippen LogP contribution < -0.4 is 10.1 Å². The highest BCUT2D eigenvalue weighted by molar-refractivity contribution is 5.87. The van der Waals surface area contributed by atoms with E-state index < -0.39 is 0 Å². The molecule has 0 aliphatic rings. The Balaban J connectivity index is 1.63. The number of aryl methyl sites for hydroxylation is 1. The number of unbranched alkanes of at least 4 members (excludes halogenated alkanes) is 5. The van der Waals surface area contributed by atoms with Crippen LogP contribution in [0.2, 0.25) is 0 Å². The third kappa shape index (κ3) is 6.33. The predicted octanol–water partition coefficient (Wildman–Crippen LogP) is 7.18. The van der Waals surface area contributed by atoms with Gasteiger partial charge in [-0.15, -0.1) is 0 Å². The van der Waals surface area contributed by atoms with Crippen molar-refractivity contribution in [2.45, 2.75) is 65.5 Å². The van der Waals surface area contributed by atoms with Crippen LogP contribution in [0.15, 0.2) is 60.7 Å². The Hall–Kier alpha value is -2.32. The fraction of sp³-hybridized carbons (Fsp3) is 0.407. The fourth-order valence-corrected chi connectivity index (χ4v) is 3.83. The molecule has 0 spiro atoms. The van der Waals surface area contributed by atoms with E-state index in [9.17, 15) is 0 Å². The SMILES string of the molecule is CCCCCCCCOc1ccc2ccccc2c1CNCc1ccccc1C. The van der Waals surface area contributed by atoms with Crippen molar-refractivity contribution in [3.63, 3.8) is 0 Å². The maximum atomic E-state index is 6.24. The summed E-state index contributed by atoms with van der Waals surface area (Å²) in [6.45, 7) is 6.91. The first-order valence-corrected chi connectivity index (χ1v) is 11.2. The maximum absolute atomic E-state index is 6.24. The minimum Gasteiger partial charge on any atom is -0.493 e. The van der Waals surface area contributed by atoms with Crippen LogP contribution in [-0.4, -0.2) is 6.61 Å². The largest absolute Gasteiger partial charge is 0.493 e. The maximum Gasteiger partial charge on any atom is 0.124 e. The first-order valence-electron chi connectivity index (χ1n) is 11.2. The van der Waals surface area contributed by atoms with E-state index in [1.165, 1.54) is 59.6 Å². The van der Waals surface area contributed by atoms with Crippen molar-refractivity contribution in [3.05, 3.63) is 77.4 Å². The highest BCUT2D eigenvalue weighted by atomic mass is 16.5. The Kier molecular flexibility index (Phi) is 8.58. The fourth-order valence-electron chi connectivity index (χ4n) is 3.83. The van der Waals surface area contributed by atoms with Gasteiger partial charge < -0.3 is 10.1 Å². The molecule has 2 nitrogen and oxygen atoms in total. The molecule has 2 heteroatoms. The monoisotopic (exact) mass is 389 g/mol. The smallest absolute Gasteiger partial charge is 0.124 e. The molecule has 0 aliphatic carbocycles. The van der Waals surface area contributed by atoms with Gasteiger partial charge in [0.25, 0.3) is 0 Å². The van der Waals surface area contributed by atoms with Crippen molar-refractivity contribution in [2.75, 3.05) is 6.61 Å². The average Bonchev–Trinajstić information content (AvgIpc) is 2.75. The van der Waals surface area contributed by atoms with E-state index in [0.29, 0.717) is 0 Å². The first kappa shape index (κ1) is 21.4. The number of hydrogen-bond donors (Lipinski definition) is 1. The first-order chi connectivity index (χ1) is 14.3. The Morgan fingerprint density at radius 3 is 2.38 bits per heavy atom. The number of rotatable bonds is 12. The molecule has 0 atom stereocenters. The second kappa shape index (κ2) is 11.6. The Morgan fingerprint density at radius 1 is 0.759 bits per heavy atom. The summed E-state index contributed by atoms with van der Waals surface area (Å²) in [7, 11) is 0. The molecule has 0 saturated heterocycles. The number of fused-ring (bicyclic) bond motifs is 1. The van der Waals surface area contributed by atoms with E-state index in [-0.39, 0.29) is 0 Å². The summed E-state index contributed by atoms with van der Waals surface area (Å²) < 4.78 is 6.24. The van der Waals surface area contributed by atoms with E-state index in [0.717, 1.165) is 31.9 Å². The van der Waals surface area contributed by atoms with Gasteiger partial charge in [-0.05, 0) is 41.3 Å². The quantitative estimate of drug-likeness (QED) is 0.331. The Bertz CT molecular complexity index is 887. The molecule has 0 fully saturated rings. The lowest BCUT2D eigenvalue weighted by Gasteiger charge is -2.16. The third-order valence-corrected chi connectivity index (χ3v) is 5.63. The van der Waals surface area contributed by atoms with E-state index in [4.69, 9.17) is 4.74 Å². The van der Waals surface area contributed by atoms with Gasteiger partial charge in [-0.2, -0.15) is 0 Å². The van der Waals surface area contributed by atoms with Crippen LogP contribution in [0, 0.1) is 6.92 Å². The van der Waals surface area contributed by atoms with Crippen LogP contribution in [0.1, 0.15) is 62.1 Å². The summed E-state index contributed by atoms with van der Waals surface area (Å²) in [6.07, 6.45) is 7.70. The van der Waals surface area contributed by atoms with Crippen molar-refractivity contribution >= 4 is 10.8 Å². The van der Waals surface area contributed by atoms with Gasteiger partial charge in [0.2, 0.25) is 0 Å². The van der Waals surface area contributed by atoms with Gasteiger partial charge in [0.1, 0.15) is 5.75 Å². The van der Waals surface area contributed by atoms with Crippen LogP contribution in [0.25, 0.3) is 10.8 Å². The van der Waals surface area contributed by atoms with Crippen molar-refractivity contribution in [2.24, 2.45) is 0 Å². The van der Waals surface area contributed by atoms with Crippen molar-refractivity contribution in [3.8, 4) is 5.75 Å². The van der Waals surface area contributed by atoms with Gasteiger partial charge in [0.05, 0.1) is 6.61 Å². The summed E-state index contributed by atoms with van der Waals surface area (Å²) in [5.74, 6) is 1.02. The van der Waals surface area contributed by atoms with Gasteiger partial charge >= 0.3 is 0 Å². The number of benzene rings is 3. The van der Waals surface area contributed by atoms with Crippen molar-refractivity contribution in [1.29, 1.82) is 0 Å². The summed E-state index contributed by atoms with van der Waals surface area (Å²) in [5.41, 5.74) is 3.95. The molecule has 0 bridgehead atoms. The molecule has 0 heterocycles. The molecular formula is C27H35NO. The molecule has 0 aromatic heterocycles. The molecule has 3 rings (SSSR count). The molecule has 0 unspecified atom stereocenters. The molecule has 3 aromatic carbocycles. The number of nitrogens with one attached hydrogen (secondary N) is 1. The zero-order valence-electron chi connectivity index (χ0n) is 18.0. The predicted molar refractivity (Wildman–Crippen MR) is 125 cm³/mol. The van der Waals surface area contributed by atoms with E-state index in [2.05, 4.69) is 79.8 Å². The second-order valence-corrected chi connectivity index (χ2v) is 7.91. The molecule has 0 aliphatic heterocycles. The zero-order chi connectivity index (χ0) is 20.3. The summed E-state index contributed by atoms with van der Waals surface area (Å²) in [6, 6.07) is 21.5. The van der Waals surface area contributed by atoms with E-state index in [1.54, 1.807) is 0 Å². The molecule has 3 aromatic rings. The Labute approximate surface area is 176 Å². The summed E-state index contributed by atoms with van der Waals surface area (Å²) in [4.78, 5) is 0. The van der Waals surface area contributed by atoms with Crippen molar-refractivity contribution in [1.82, 2.24) is 5.32 Å². The topological polar surface area (TPSA) is 21.3 Å². The zero-order valence-corrected chi connectivity index (χ0v) is 18.0. The van der Waals surface area contributed by atoms with Gasteiger partial charge in [-0.3, -0.25) is 0 Å². The van der Waals surface area contributed by atoms with Gasteiger partial charge in [-0.25, -0.2) is 0 Å². The lowest BCUT2D eigenvalue weighted by atomic mass is 10.0. The highest BCUT2D eigenvalue weighted by Crippen LogP contribution is 2.28. The van der Waals surface area contributed by atoms with Gasteiger partial charge in [-0.1, -0.05) is 93.6 Å². The number of hydrogen-bond acceptors (Lipinski definition) is 2. The minimum absolute atomic E-state index is 0.801. The highest BCUT2D eigenvalue weighted by Gasteiger charge is 2.09. The van der Waals surface area contributed by atoms with Crippen molar-refractivity contribution < 1.29 is 4.74 Å². The summed E-state index contributed by atoms with van der Waals surface area (Å²) >= 11 is 0. The van der Waals surface area contributed by atoms with Gasteiger partial charge in [0, 0.05) is 18.7 Å². The molecular weight excluding hydrogens is 354 g/mol. The summed E-state index contributed by atoms with van der Waals surface area (Å²) in [5, 5.41) is 6.19. The third-order valence-electron chi connectivity index (χ3n) is 5.63. The van der Waals surface area contributed by atoms with Crippen LogP contribution in [-0.2, 0) is 13.1 Å². The molecule has 1 N–H and O–H groups in total. The standard InChI is InChI=1S/C27H35NO/c1-3-4-5-6-7-12-19-29-27-18-17-23-14-10-11-16-25(23)26(27)21-28-20-24-15-9-8-13-22(24)2/h8-11,13-18,28H,3-7,12,19-21H2,1-2H3. The molecule has 154 valence electrons. The second-order valence-electron chi connectivity index (χ2n) is 7.91. The lowest BCUT2D eigenvalue weighted by molar-refractivity contribution is 0.301. The van der Waals surface area contributed by atoms with Crippen LogP contribution in [0.3, 0.4) is 0 Å². The number of ether oxygens (including phenoxy) is 1.